The number of carbonyl (C=O) groups is 3. The van der Waals surface area contributed by atoms with Crippen molar-refractivity contribution in [3.63, 3.8) is 0 Å². The quantitative estimate of drug-likeness (QED) is 0.0903. The van der Waals surface area contributed by atoms with Crippen LogP contribution in [0.2, 0.25) is 0 Å². The van der Waals surface area contributed by atoms with Gasteiger partial charge in [0.05, 0.1) is 99.1 Å². The van der Waals surface area contributed by atoms with E-state index in [1.54, 1.807) is 7.11 Å². The van der Waals surface area contributed by atoms with Gasteiger partial charge in [-0.2, -0.15) is 0 Å². The molecule has 0 bridgehead atoms. The summed E-state index contributed by atoms with van der Waals surface area (Å²) in [5, 5.41) is 14.8. The molecule has 0 unspecified atom stereocenters. The van der Waals surface area contributed by atoms with Crippen LogP contribution in [0.4, 0.5) is 4.79 Å². The number of fused-ring (bicyclic) bond motifs is 3. The lowest BCUT2D eigenvalue weighted by Crippen LogP contribution is -2.41. The van der Waals surface area contributed by atoms with Crippen molar-refractivity contribution in [3.05, 3.63) is 59.7 Å². The Kier molecular flexibility index (Phi) is 23.8. The summed E-state index contributed by atoms with van der Waals surface area (Å²) in [4.78, 5) is 36.3. The molecule has 302 valence electrons. The van der Waals surface area contributed by atoms with E-state index in [0.717, 1.165) is 22.3 Å². The Morgan fingerprint density at radius 3 is 1.54 bits per heavy atom. The van der Waals surface area contributed by atoms with Gasteiger partial charge in [-0.1, -0.05) is 48.5 Å². The normalized spacial score (nSPS) is 12.6. The number of carboxylic acids is 1. The number of ether oxygens (including phenoxy) is 9. The monoisotopic (exact) mass is 762 g/mol. The zero-order chi connectivity index (χ0) is 38.5. The first-order chi connectivity index (χ1) is 26.5. The molecule has 0 saturated carbocycles. The largest absolute Gasteiger partial charge is 0.480 e. The Morgan fingerprint density at radius 2 is 1.07 bits per heavy atom. The second-order valence-corrected chi connectivity index (χ2v) is 12.2. The molecule has 15 nitrogen and oxygen atoms in total. The Bertz CT molecular complexity index is 1290. The number of carbonyl (C=O) groups excluding carboxylic acids is 2. The van der Waals surface area contributed by atoms with Gasteiger partial charge in [-0.05, 0) is 41.5 Å². The Balaban J connectivity index is 1.08. The molecule has 1 aliphatic carbocycles. The maximum atomic E-state index is 12.4. The first-order valence-electron chi connectivity index (χ1n) is 18.7. The lowest BCUT2D eigenvalue weighted by Gasteiger charge is -2.15. The topological polar surface area (TPSA) is 179 Å². The van der Waals surface area contributed by atoms with Crippen LogP contribution in [0.25, 0.3) is 11.1 Å². The highest BCUT2D eigenvalue weighted by atomic mass is 16.6. The van der Waals surface area contributed by atoms with E-state index in [0.29, 0.717) is 112 Å². The van der Waals surface area contributed by atoms with E-state index in [1.165, 1.54) is 0 Å². The maximum absolute atomic E-state index is 12.4. The third-order valence-electron chi connectivity index (χ3n) is 8.30. The van der Waals surface area contributed by atoms with E-state index in [9.17, 15) is 19.5 Å². The summed E-state index contributed by atoms with van der Waals surface area (Å²) in [5.41, 5.74) is 4.59. The molecule has 1 atom stereocenters. The average Bonchev–Trinajstić information content (AvgIpc) is 3.50. The van der Waals surface area contributed by atoms with Crippen molar-refractivity contribution in [2.24, 2.45) is 0 Å². The third-order valence-corrected chi connectivity index (χ3v) is 8.30. The lowest BCUT2D eigenvalue weighted by molar-refractivity contribution is -0.142. The van der Waals surface area contributed by atoms with E-state index in [2.05, 4.69) is 34.9 Å². The van der Waals surface area contributed by atoms with Crippen LogP contribution in [0.15, 0.2) is 48.5 Å². The van der Waals surface area contributed by atoms with Crippen molar-refractivity contribution in [1.29, 1.82) is 0 Å². The molecule has 0 heterocycles. The van der Waals surface area contributed by atoms with Crippen LogP contribution in [0.5, 0.6) is 0 Å². The molecule has 0 aliphatic heterocycles. The molecule has 0 spiro atoms. The zero-order valence-electron chi connectivity index (χ0n) is 31.5. The van der Waals surface area contributed by atoms with Gasteiger partial charge in [0.25, 0.3) is 0 Å². The Morgan fingerprint density at radius 1 is 0.630 bits per heavy atom. The van der Waals surface area contributed by atoms with E-state index in [1.807, 2.05) is 24.3 Å². The number of methoxy groups -OCH3 is 1. The molecule has 3 N–H and O–H groups in total. The van der Waals surface area contributed by atoms with Crippen LogP contribution in [-0.4, -0.2) is 148 Å². The maximum Gasteiger partial charge on any atom is 0.407 e. The van der Waals surface area contributed by atoms with E-state index in [4.69, 9.17) is 42.6 Å². The molecule has 0 radical (unpaired) electrons. The summed E-state index contributed by atoms with van der Waals surface area (Å²) >= 11 is 0. The molecule has 54 heavy (non-hydrogen) atoms. The van der Waals surface area contributed by atoms with Crippen LogP contribution in [0.3, 0.4) is 0 Å². The standard InChI is InChI=1S/C39H58N2O13/c1-46-16-17-48-20-21-50-24-25-52-28-29-53-27-26-51-23-22-49-19-18-47-15-13-37(42)41-36(38(43)44)12-6-7-14-40-39(45)54-30-35-33-10-4-2-8-31(33)32-9-3-5-11-34(32)35/h2-5,8-11,35-36H,6-7,12-30H2,1H3,(H,40,45)(H,41,42)(H,43,44)/t36-/m0/s1. The first kappa shape index (κ1) is 44.7. The average molecular weight is 763 g/mol. The van der Waals surface area contributed by atoms with Gasteiger partial charge in [-0.15, -0.1) is 0 Å². The summed E-state index contributed by atoms with van der Waals surface area (Å²) in [6.07, 6.45) is 0.763. The minimum atomic E-state index is -1.11. The lowest BCUT2D eigenvalue weighted by atomic mass is 9.98. The van der Waals surface area contributed by atoms with E-state index in [-0.39, 0.29) is 32.0 Å². The number of hydrogen-bond donors (Lipinski definition) is 3. The highest BCUT2D eigenvalue weighted by Gasteiger charge is 2.29. The molecule has 3 rings (SSSR count). The third kappa shape index (κ3) is 18.6. The predicted molar refractivity (Wildman–Crippen MR) is 199 cm³/mol. The highest BCUT2D eigenvalue weighted by molar-refractivity contribution is 5.83. The minimum Gasteiger partial charge on any atom is -0.480 e. The second kappa shape index (κ2) is 28.7. The van der Waals surface area contributed by atoms with Gasteiger partial charge >= 0.3 is 12.1 Å². The number of hydrogen-bond acceptors (Lipinski definition) is 12. The summed E-state index contributed by atoms with van der Waals surface area (Å²) in [7, 11) is 1.63. The number of unbranched alkanes of at least 4 members (excludes halogenated alkanes) is 1. The van der Waals surface area contributed by atoms with Crippen LogP contribution in [-0.2, 0) is 52.2 Å². The van der Waals surface area contributed by atoms with Crippen LogP contribution >= 0.6 is 0 Å². The van der Waals surface area contributed by atoms with E-state index >= 15 is 0 Å². The van der Waals surface area contributed by atoms with Crippen LogP contribution in [0.1, 0.15) is 42.7 Å². The molecule has 0 saturated heterocycles. The van der Waals surface area contributed by atoms with Crippen LogP contribution in [0, 0.1) is 0 Å². The van der Waals surface area contributed by atoms with Crippen LogP contribution < -0.4 is 10.6 Å². The summed E-state index contributed by atoms with van der Waals surface area (Å²) in [6.45, 7) is 7.15. The second-order valence-electron chi connectivity index (χ2n) is 12.2. The summed E-state index contributed by atoms with van der Waals surface area (Å²) < 4.78 is 48.3. The Hall–Kier alpha value is -3.67. The molecule has 1 aliphatic rings. The van der Waals surface area contributed by atoms with E-state index < -0.39 is 24.0 Å². The van der Waals surface area contributed by atoms with Gasteiger partial charge in [-0.3, -0.25) is 4.79 Å². The van der Waals surface area contributed by atoms with Crippen molar-refractivity contribution in [3.8, 4) is 11.1 Å². The number of aliphatic carboxylic acids is 1. The van der Waals surface area contributed by atoms with Gasteiger partial charge in [0.2, 0.25) is 5.91 Å². The van der Waals surface area contributed by atoms with Crippen molar-refractivity contribution in [1.82, 2.24) is 10.6 Å². The van der Waals surface area contributed by atoms with Gasteiger partial charge in [0.15, 0.2) is 0 Å². The SMILES string of the molecule is COCCOCCOCCOCCOCCOCCOCCOCCC(=O)N[C@@H](CCCCNC(=O)OCC1c2ccccc2-c2ccccc21)C(=O)O. The predicted octanol–water partition coefficient (Wildman–Crippen LogP) is 3.42. The molecular formula is C39H58N2O13. The molecule has 15 heteroatoms. The molecule has 2 amide bonds. The fraction of sp³-hybridized carbons (Fsp3) is 0.615. The first-order valence-corrected chi connectivity index (χ1v) is 18.7. The Labute approximate surface area is 318 Å². The van der Waals surface area contributed by atoms with Gasteiger partial charge < -0.3 is 58.4 Å². The number of rotatable bonds is 33. The van der Waals surface area contributed by atoms with Crippen molar-refractivity contribution in [2.45, 2.75) is 37.6 Å². The molecular weight excluding hydrogens is 704 g/mol. The molecule has 2 aromatic carbocycles. The minimum absolute atomic E-state index is 0.0255. The van der Waals surface area contributed by atoms with Crippen molar-refractivity contribution in [2.75, 3.05) is 119 Å². The zero-order valence-corrected chi connectivity index (χ0v) is 31.5. The highest BCUT2D eigenvalue weighted by Crippen LogP contribution is 2.44. The number of carboxylic acid groups (broad SMARTS) is 1. The number of benzene rings is 2. The van der Waals surface area contributed by atoms with Crippen molar-refractivity contribution < 1.29 is 62.1 Å². The summed E-state index contributed by atoms with van der Waals surface area (Å²) in [6, 6.07) is 15.2. The fourth-order valence-electron chi connectivity index (χ4n) is 5.57. The smallest absolute Gasteiger partial charge is 0.407 e. The number of alkyl carbamates (subject to hydrolysis) is 1. The van der Waals surface area contributed by atoms with Gasteiger partial charge in [0.1, 0.15) is 12.6 Å². The molecule has 2 aromatic rings. The number of nitrogens with one attached hydrogen (secondary N) is 2. The number of amides is 2. The molecule has 0 fully saturated rings. The van der Waals surface area contributed by atoms with Gasteiger partial charge in [0, 0.05) is 26.0 Å². The van der Waals surface area contributed by atoms with Crippen molar-refractivity contribution >= 4 is 18.0 Å². The summed E-state index contributed by atoms with van der Waals surface area (Å²) in [5.74, 6) is -1.55. The fourth-order valence-corrected chi connectivity index (χ4v) is 5.57. The molecule has 0 aromatic heterocycles. The van der Waals surface area contributed by atoms with Gasteiger partial charge in [-0.25, -0.2) is 9.59 Å².